The molecule has 1 heterocycles. The van der Waals surface area contributed by atoms with E-state index in [1.807, 2.05) is 0 Å². The van der Waals surface area contributed by atoms with E-state index in [0.29, 0.717) is 29.6 Å². The Labute approximate surface area is 113 Å². The largest absolute Gasteiger partial charge is 0.486 e. The molecular formula is C16H19FO2. The van der Waals surface area contributed by atoms with Crippen LogP contribution in [0.5, 0.6) is 5.75 Å². The van der Waals surface area contributed by atoms with Crippen LogP contribution in [0.3, 0.4) is 0 Å². The molecule has 1 aliphatic heterocycles. The Morgan fingerprint density at radius 3 is 2.95 bits per heavy atom. The predicted molar refractivity (Wildman–Crippen MR) is 70.9 cm³/mol. The molecule has 102 valence electrons. The van der Waals surface area contributed by atoms with Gasteiger partial charge in [0.15, 0.2) is 5.78 Å². The van der Waals surface area contributed by atoms with E-state index in [-0.39, 0.29) is 11.6 Å². The molecule has 1 saturated carbocycles. The normalized spacial score (nSPS) is 33.9. The first kappa shape index (κ1) is 12.6. The zero-order valence-corrected chi connectivity index (χ0v) is 11.4. The molecule has 2 nitrogen and oxygen atoms in total. The molecule has 2 aliphatic rings. The van der Waals surface area contributed by atoms with Gasteiger partial charge in [0.05, 0.1) is 12.0 Å². The highest BCUT2D eigenvalue weighted by molar-refractivity contribution is 6.00. The summed E-state index contributed by atoms with van der Waals surface area (Å²) in [5.74, 6) is 1.03. The number of carbonyl (C=O) groups excluding carboxylic acids is 1. The topological polar surface area (TPSA) is 26.3 Å². The van der Waals surface area contributed by atoms with Gasteiger partial charge in [0, 0.05) is 6.07 Å². The molecule has 1 spiro atoms. The van der Waals surface area contributed by atoms with Gasteiger partial charge in [-0.2, -0.15) is 0 Å². The maximum Gasteiger partial charge on any atom is 0.170 e. The highest BCUT2D eigenvalue weighted by Gasteiger charge is 2.48. The van der Waals surface area contributed by atoms with Gasteiger partial charge in [-0.1, -0.05) is 20.3 Å². The van der Waals surface area contributed by atoms with Crippen LogP contribution >= 0.6 is 0 Å². The van der Waals surface area contributed by atoms with Crippen LogP contribution in [-0.2, 0) is 0 Å². The minimum absolute atomic E-state index is 0.0854. The number of ketones is 1. The fourth-order valence-electron chi connectivity index (χ4n) is 3.55. The number of carbonyl (C=O) groups is 1. The summed E-state index contributed by atoms with van der Waals surface area (Å²) < 4.78 is 19.5. The van der Waals surface area contributed by atoms with Crippen LogP contribution in [0, 0.1) is 17.7 Å². The molecule has 3 rings (SSSR count). The second-order valence-electron chi connectivity index (χ2n) is 6.07. The van der Waals surface area contributed by atoms with E-state index in [2.05, 4.69) is 13.8 Å². The van der Waals surface area contributed by atoms with E-state index in [1.54, 1.807) is 0 Å². The lowest BCUT2D eigenvalue weighted by Crippen LogP contribution is -2.51. The smallest absolute Gasteiger partial charge is 0.170 e. The van der Waals surface area contributed by atoms with Crippen LogP contribution < -0.4 is 4.74 Å². The van der Waals surface area contributed by atoms with Gasteiger partial charge in [0.25, 0.3) is 0 Å². The monoisotopic (exact) mass is 262 g/mol. The van der Waals surface area contributed by atoms with E-state index >= 15 is 0 Å². The molecule has 0 radical (unpaired) electrons. The standard InChI is InChI=1S/C16H19FO2/c1-10-4-3-7-16(11(10)2)9-14(18)13-6-5-12(17)8-15(13)19-16/h5-6,8,10-11H,3-4,7,9H2,1-2H3. The Balaban J connectivity index is 2.01. The lowest BCUT2D eigenvalue weighted by Gasteiger charge is -2.47. The van der Waals surface area contributed by atoms with Gasteiger partial charge in [0.2, 0.25) is 0 Å². The van der Waals surface area contributed by atoms with Crippen LogP contribution in [0.25, 0.3) is 0 Å². The summed E-state index contributed by atoms with van der Waals surface area (Å²) in [5.41, 5.74) is 0.104. The molecular weight excluding hydrogens is 243 g/mol. The van der Waals surface area contributed by atoms with Gasteiger partial charge in [-0.05, 0) is 36.8 Å². The lowest BCUT2D eigenvalue weighted by atomic mass is 9.67. The molecule has 3 atom stereocenters. The van der Waals surface area contributed by atoms with E-state index < -0.39 is 5.60 Å². The summed E-state index contributed by atoms with van der Waals surface area (Å²) in [6.07, 6.45) is 3.57. The maximum absolute atomic E-state index is 13.4. The second-order valence-corrected chi connectivity index (χ2v) is 6.07. The van der Waals surface area contributed by atoms with Crippen molar-refractivity contribution in [2.75, 3.05) is 0 Å². The van der Waals surface area contributed by atoms with Crippen LogP contribution in [0.15, 0.2) is 18.2 Å². The first-order valence-electron chi connectivity index (χ1n) is 7.04. The molecule has 1 aromatic rings. The fourth-order valence-corrected chi connectivity index (χ4v) is 3.55. The minimum Gasteiger partial charge on any atom is -0.486 e. The summed E-state index contributed by atoms with van der Waals surface area (Å²) in [6.45, 7) is 4.36. The Bertz CT molecular complexity index is 525. The SMILES string of the molecule is CC1CCCC2(CC(=O)c3ccc(F)cc3O2)C1C. The quantitative estimate of drug-likeness (QED) is 0.706. The molecule has 3 heteroatoms. The molecule has 0 amide bonds. The molecule has 1 aliphatic carbocycles. The van der Waals surface area contributed by atoms with Crippen molar-refractivity contribution in [3.8, 4) is 5.75 Å². The molecule has 0 saturated heterocycles. The lowest BCUT2D eigenvalue weighted by molar-refractivity contribution is -0.0467. The minimum atomic E-state index is -0.421. The summed E-state index contributed by atoms with van der Waals surface area (Å²) in [6, 6.07) is 4.21. The second kappa shape index (κ2) is 4.32. The Kier molecular flexibility index (Phi) is 2.88. The number of benzene rings is 1. The molecule has 3 unspecified atom stereocenters. The summed E-state index contributed by atoms with van der Waals surface area (Å²) in [4.78, 5) is 12.3. The van der Waals surface area contributed by atoms with Crippen LogP contribution in [0.4, 0.5) is 4.39 Å². The van der Waals surface area contributed by atoms with Crippen molar-refractivity contribution in [2.45, 2.75) is 45.1 Å². The third-order valence-corrected chi connectivity index (χ3v) is 4.96. The van der Waals surface area contributed by atoms with Crippen LogP contribution in [-0.4, -0.2) is 11.4 Å². The maximum atomic E-state index is 13.4. The van der Waals surface area contributed by atoms with E-state index in [9.17, 15) is 9.18 Å². The van der Waals surface area contributed by atoms with Gasteiger partial charge in [0.1, 0.15) is 17.2 Å². The number of Topliss-reactive ketones (excluding diaryl/α,β-unsaturated/α-hetero) is 1. The predicted octanol–water partition coefficient (Wildman–Crippen LogP) is 3.99. The average molecular weight is 262 g/mol. The van der Waals surface area contributed by atoms with Crippen molar-refractivity contribution in [2.24, 2.45) is 11.8 Å². The number of hydrogen-bond donors (Lipinski definition) is 0. The number of halogens is 1. The Morgan fingerprint density at radius 2 is 2.16 bits per heavy atom. The zero-order chi connectivity index (χ0) is 13.6. The van der Waals surface area contributed by atoms with Gasteiger partial charge >= 0.3 is 0 Å². The van der Waals surface area contributed by atoms with Crippen LogP contribution in [0.1, 0.15) is 49.9 Å². The zero-order valence-electron chi connectivity index (χ0n) is 11.4. The molecule has 0 bridgehead atoms. The van der Waals surface area contributed by atoms with Gasteiger partial charge in [-0.3, -0.25) is 4.79 Å². The summed E-state index contributed by atoms with van der Waals surface area (Å²) in [7, 11) is 0. The highest BCUT2D eigenvalue weighted by Crippen LogP contribution is 2.46. The van der Waals surface area contributed by atoms with E-state index in [1.165, 1.54) is 24.6 Å². The van der Waals surface area contributed by atoms with Crippen molar-refractivity contribution in [1.29, 1.82) is 0 Å². The molecule has 1 fully saturated rings. The third-order valence-electron chi connectivity index (χ3n) is 4.96. The van der Waals surface area contributed by atoms with E-state index in [4.69, 9.17) is 4.74 Å². The van der Waals surface area contributed by atoms with Crippen molar-refractivity contribution >= 4 is 5.78 Å². The highest BCUT2D eigenvalue weighted by atomic mass is 19.1. The van der Waals surface area contributed by atoms with Crippen molar-refractivity contribution < 1.29 is 13.9 Å². The number of ether oxygens (including phenoxy) is 1. The Morgan fingerprint density at radius 1 is 1.37 bits per heavy atom. The first-order valence-corrected chi connectivity index (χ1v) is 7.04. The number of rotatable bonds is 0. The summed E-state index contributed by atoms with van der Waals surface area (Å²) >= 11 is 0. The third kappa shape index (κ3) is 1.96. The molecule has 1 aromatic carbocycles. The van der Waals surface area contributed by atoms with Crippen molar-refractivity contribution in [3.63, 3.8) is 0 Å². The fraction of sp³-hybridized carbons (Fsp3) is 0.562. The van der Waals surface area contributed by atoms with Gasteiger partial charge in [-0.25, -0.2) is 4.39 Å². The number of hydrogen-bond acceptors (Lipinski definition) is 2. The number of fused-ring (bicyclic) bond motifs is 1. The average Bonchev–Trinajstić information content (AvgIpc) is 2.35. The molecule has 19 heavy (non-hydrogen) atoms. The Hall–Kier alpha value is -1.38. The van der Waals surface area contributed by atoms with Crippen molar-refractivity contribution in [3.05, 3.63) is 29.6 Å². The van der Waals surface area contributed by atoms with Crippen molar-refractivity contribution in [1.82, 2.24) is 0 Å². The first-order chi connectivity index (χ1) is 9.02. The van der Waals surface area contributed by atoms with Crippen LogP contribution in [0.2, 0.25) is 0 Å². The molecule has 0 aromatic heterocycles. The van der Waals surface area contributed by atoms with E-state index in [0.717, 1.165) is 12.8 Å². The summed E-state index contributed by atoms with van der Waals surface area (Å²) in [5, 5.41) is 0. The van der Waals surface area contributed by atoms with Gasteiger partial charge < -0.3 is 4.74 Å². The van der Waals surface area contributed by atoms with Gasteiger partial charge in [-0.15, -0.1) is 0 Å². The molecule has 0 N–H and O–H groups in total.